The topological polar surface area (TPSA) is 21.3 Å². The van der Waals surface area contributed by atoms with Crippen molar-refractivity contribution in [1.82, 2.24) is 5.32 Å². The summed E-state index contributed by atoms with van der Waals surface area (Å²) in [5.41, 5.74) is 0. The van der Waals surface area contributed by atoms with Crippen LogP contribution in [0.15, 0.2) is 0 Å². The van der Waals surface area contributed by atoms with Crippen molar-refractivity contribution in [1.29, 1.82) is 0 Å². The second-order valence-corrected chi connectivity index (χ2v) is 6.68. The number of hydrogen-bond acceptors (Lipinski definition) is 2. The highest BCUT2D eigenvalue weighted by atomic mass is 16.5. The lowest BCUT2D eigenvalue weighted by molar-refractivity contribution is 0.0987. The first kappa shape index (κ1) is 15.3. The van der Waals surface area contributed by atoms with Crippen LogP contribution in [0.4, 0.5) is 0 Å². The molecule has 0 aromatic rings. The standard InChI is InChI=1S/C17H33NO/c1-3-19-13-14(2)18-17-12-8-7-11-16(17)15-9-5-4-6-10-15/h14-18H,3-13H2,1-2H3. The lowest BCUT2D eigenvalue weighted by atomic mass is 9.71. The quantitative estimate of drug-likeness (QED) is 0.781. The fourth-order valence-electron chi connectivity index (χ4n) is 4.20. The van der Waals surface area contributed by atoms with Crippen LogP contribution < -0.4 is 5.32 Å². The first-order valence-electron chi connectivity index (χ1n) is 8.65. The molecule has 19 heavy (non-hydrogen) atoms. The second-order valence-electron chi connectivity index (χ2n) is 6.68. The normalized spacial score (nSPS) is 31.3. The van der Waals surface area contributed by atoms with Crippen LogP contribution >= 0.6 is 0 Å². The molecular formula is C17H33NO. The Labute approximate surface area is 119 Å². The van der Waals surface area contributed by atoms with Crippen LogP contribution in [-0.2, 0) is 4.74 Å². The maximum absolute atomic E-state index is 5.56. The van der Waals surface area contributed by atoms with E-state index in [1.165, 1.54) is 57.8 Å². The Morgan fingerprint density at radius 3 is 2.42 bits per heavy atom. The highest BCUT2D eigenvalue weighted by molar-refractivity contribution is 4.88. The lowest BCUT2D eigenvalue weighted by Crippen LogP contribution is -2.47. The molecule has 2 heteroatoms. The lowest BCUT2D eigenvalue weighted by Gasteiger charge is -2.40. The fourth-order valence-corrected chi connectivity index (χ4v) is 4.20. The molecule has 1 N–H and O–H groups in total. The highest BCUT2D eigenvalue weighted by Gasteiger charge is 2.32. The average molecular weight is 267 g/mol. The summed E-state index contributed by atoms with van der Waals surface area (Å²) in [6.07, 6.45) is 13.1. The van der Waals surface area contributed by atoms with Crippen LogP contribution in [0.25, 0.3) is 0 Å². The van der Waals surface area contributed by atoms with Gasteiger partial charge in [0, 0.05) is 18.7 Å². The largest absolute Gasteiger partial charge is 0.380 e. The van der Waals surface area contributed by atoms with Crippen LogP contribution in [0.5, 0.6) is 0 Å². The molecule has 0 aromatic carbocycles. The van der Waals surface area contributed by atoms with Crippen LogP contribution in [-0.4, -0.2) is 25.3 Å². The van der Waals surface area contributed by atoms with Crippen molar-refractivity contribution in [2.24, 2.45) is 11.8 Å². The molecule has 0 aliphatic heterocycles. The van der Waals surface area contributed by atoms with Crippen molar-refractivity contribution in [3.05, 3.63) is 0 Å². The van der Waals surface area contributed by atoms with Crippen molar-refractivity contribution in [2.45, 2.75) is 83.7 Å². The maximum Gasteiger partial charge on any atom is 0.0616 e. The summed E-state index contributed by atoms with van der Waals surface area (Å²) >= 11 is 0. The number of rotatable bonds is 6. The van der Waals surface area contributed by atoms with Crippen molar-refractivity contribution in [3.63, 3.8) is 0 Å². The summed E-state index contributed by atoms with van der Waals surface area (Å²) in [6, 6.07) is 1.27. The minimum absolute atomic E-state index is 0.508. The van der Waals surface area contributed by atoms with E-state index >= 15 is 0 Å². The molecule has 112 valence electrons. The van der Waals surface area contributed by atoms with E-state index in [0.29, 0.717) is 6.04 Å². The first-order chi connectivity index (χ1) is 9.31. The van der Waals surface area contributed by atoms with Crippen molar-refractivity contribution in [3.8, 4) is 0 Å². The Bertz CT molecular complexity index is 237. The van der Waals surface area contributed by atoms with Crippen molar-refractivity contribution >= 4 is 0 Å². The number of hydrogen-bond donors (Lipinski definition) is 1. The van der Waals surface area contributed by atoms with Crippen LogP contribution in [0.2, 0.25) is 0 Å². The first-order valence-corrected chi connectivity index (χ1v) is 8.65. The summed E-state index contributed by atoms with van der Waals surface area (Å²) in [5.74, 6) is 1.95. The van der Waals surface area contributed by atoms with Crippen molar-refractivity contribution < 1.29 is 4.74 Å². The van der Waals surface area contributed by atoms with E-state index < -0.39 is 0 Å². The van der Waals surface area contributed by atoms with Gasteiger partial charge in [-0.05, 0) is 38.5 Å². The predicted octanol–water partition coefficient (Wildman–Crippen LogP) is 4.14. The van der Waals surface area contributed by atoms with E-state index in [-0.39, 0.29) is 0 Å². The van der Waals surface area contributed by atoms with E-state index in [0.717, 1.165) is 31.1 Å². The summed E-state index contributed by atoms with van der Waals surface area (Å²) in [7, 11) is 0. The minimum atomic E-state index is 0.508. The Morgan fingerprint density at radius 2 is 1.68 bits per heavy atom. The smallest absolute Gasteiger partial charge is 0.0616 e. The molecule has 2 rings (SSSR count). The van der Waals surface area contributed by atoms with Gasteiger partial charge in [-0.2, -0.15) is 0 Å². The molecule has 3 unspecified atom stereocenters. The van der Waals surface area contributed by atoms with Gasteiger partial charge >= 0.3 is 0 Å². The molecule has 2 nitrogen and oxygen atoms in total. The fraction of sp³-hybridized carbons (Fsp3) is 1.00. The van der Waals surface area contributed by atoms with Gasteiger partial charge in [0.1, 0.15) is 0 Å². The summed E-state index contributed by atoms with van der Waals surface area (Å²) in [6.45, 7) is 6.06. The zero-order chi connectivity index (χ0) is 13.5. The number of nitrogens with one attached hydrogen (secondary N) is 1. The molecule has 0 bridgehead atoms. The maximum atomic E-state index is 5.56. The second kappa shape index (κ2) is 8.26. The molecule has 2 saturated carbocycles. The zero-order valence-corrected chi connectivity index (χ0v) is 13.0. The van der Waals surface area contributed by atoms with Crippen molar-refractivity contribution in [2.75, 3.05) is 13.2 Å². The molecule has 0 saturated heterocycles. The monoisotopic (exact) mass is 267 g/mol. The van der Waals surface area contributed by atoms with Gasteiger partial charge in [0.05, 0.1) is 6.61 Å². The predicted molar refractivity (Wildman–Crippen MR) is 81.4 cm³/mol. The van der Waals surface area contributed by atoms with Crippen LogP contribution in [0, 0.1) is 11.8 Å². The molecule has 2 aliphatic rings. The molecule has 0 heterocycles. The average Bonchev–Trinajstić information content (AvgIpc) is 2.46. The summed E-state index contributed by atoms with van der Waals surface area (Å²) in [4.78, 5) is 0. The Kier molecular flexibility index (Phi) is 6.66. The van der Waals surface area contributed by atoms with E-state index in [4.69, 9.17) is 4.74 Å². The van der Waals surface area contributed by atoms with Gasteiger partial charge < -0.3 is 10.1 Å². The van der Waals surface area contributed by atoms with E-state index in [1.54, 1.807) is 0 Å². The van der Waals surface area contributed by atoms with Gasteiger partial charge in [-0.1, -0.05) is 44.9 Å². The number of ether oxygens (including phenoxy) is 1. The summed E-state index contributed by atoms with van der Waals surface area (Å²) in [5, 5.41) is 3.88. The summed E-state index contributed by atoms with van der Waals surface area (Å²) < 4.78 is 5.56. The third-order valence-corrected chi connectivity index (χ3v) is 5.15. The van der Waals surface area contributed by atoms with E-state index in [1.807, 2.05) is 0 Å². The molecule has 3 atom stereocenters. The Morgan fingerprint density at radius 1 is 1.00 bits per heavy atom. The van der Waals surface area contributed by atoms with Crippen LogP contribution in [0.1, 0.15) is 71.6 Å². The molecule has 0 radical (unpaired) electrons. The van der Waals surface area contributed by atoms with E-state index in [2.05, 4.69) is 19.2 Å². The molecule has 0 amide bonds. The van der Waals surface area contributed by atoms with Gasteiger partial charge in [0.2, 0.25) is 0 Å². The molecule has 2 aliphatic carbocycles. The van der Waals surface area contributed by atoms with Gasteiger partial charge in [0.15, 0.2) is 0 Å². The Balaban J connectivity index is 1.84. The van der Waals surface area contributed by atoms with Crippen LogP contribution in [0.3, 0.4) is 0 Å². The molecule has 2 fully saturated rings. The van der Waals surface area contributed by atoms with E-state index in [9.17, 15) is 0 Å². The zero-order valence-electron chi connectivity index (χ0n) is 13.0. The van der Waals surface area contributed by atoms with Gasteiger partial charge in [-0.3, -0.25) is 0 Å². The molecule has 0 aromatic heterocycles. The van der Waals surface area contributed by atoms with Gasteiger partial charge in [-0.25, -0.2) is 0 Å². The third kappa shape index (κ3) is 4.75. The third-order valence-electron chi connectivity index (χ3n) is 5.15. The molecular weight excluding hydrogens is 234 g/mol. The Hall–Kier alpha value is -0.0800. The van der Waals surface area contributed by atoms with Gasteiger partial charge in [-0.15, -0.1) is 0 Å². The molecule has 0 spiro atoms. The SMILES string of the molecule is CCOCC(C)NC1CCCCC1C1CCCCC1. The minimum Gasteiger partial charge on any atom is -0.380 e. The van der Waals surface area contributed by atoms with Gasteiger partial charge in [0.25, 0.3) is 0 Å². The highest BCUT2D eigenvalue weighted by Crippen LogP contribution is 2.38.